The Hall–Kier alpha value is -0.770. The van der Waals surface area contributed by atoms with Crippen LogP contribution in [-0.2, 0) is 6.42 Å². The molecule has 2 aromatic rings. The van der Waals surface area contributed by atoms with Gasteiger partial charge in [-0.25, -0.2) is 0 Å². The zero-order valence-electron chi connectivity index (χ0n) is 7.96. The van der Waals surface area contributed by atoms with Crippen molar-refractivity contribution in [1.29, 1.82) is 0 Å². The fraction of sp³-hybridized carbons (Fsp3) is 0.167. The molecule has 14 heavy (non-hydrogen) atoms. The Morgan fingerprint density at radius 2 is 1.93 bits per heavy atom. The first kappa shape index (κ1) is 9.77. The van der Waals surface area contributed by atoms with Crippen molar-refractivity contribution in [2.24, 2.45) is 0 Å². The molecular formula is C12H11IO. The lowest BCUT2D eigenvalue weighted by atomic mass is 10.1. The molecule has 0 unspecified atom stereocenters. The van der Waals surface area contributed by atoms with Crippen molar-refractivity contribution in [2.45, 2.75) is 13.3 Å². The predicted octanol–water partition coefficient (Wildman–Crippen LogP) is 3.78. The van der Waals surface area contributed by atoms with Crippen LogP contribution in [0.15, 0.2) is 40.8 Å². The molecule has 0 aliphatic heterocycles. The van der Waals surface area contributed by atoms with Gasteiger partial charge in [-0.15, -0.1) is 0 Å². The van der Waals surface area contributed by atoms with Crippen LogP contribution in [0.25, 0.3) is 0 Å². The van der Waals surface area contributed by atoms with Crippen molar-refractivity contribution in [1.82, 2.24) is 0 Å². The number of aryl methyl sites for hydroxylation is 1. The van der Waals surface area contributed by atoms with Gasteiger partial charge >= 0.3 is 0 Å². The van der Waals surface area contributed by atoms with E-state index in [1.807, 2.05) is 6.07 Å². The van der Waals surface area contributed by atoms with E-state index in [9.17, 15) is 0 Å². The molecule has 1 heterocycles. The molecule has 0 radical (unpaired) electrons. The summed E-state index contributed by atoms with van der Waals surface area (Å²) < 4.78 is 6.57. The maximum absolute atomic E-state index is 5.60. The smallest absolute Gasteiger partial charge is 0.164 e. The first-order valence-corrected chi connectivity index (χ1v) is 5.62. The summed E-state index contributed by atoms with van der Waals surface area (Å²) >= 11 is 2.20. The second kappa shape index (κ2) is 4.17. The minimum absolute atomic E-state index is 0.885. The lowest BCUT2D eigenvalue weighted by molar-refractivity contribution is 0.493. The zero-order valence-corrected chi connectivity index (χ0v) is 10.1. The van der Waals surface area contributed by atoms with Gasteiger partial charge in [-0.3, -0.25) is 0 Å². The molecular weight excluding hydrogens is 287 g/mol. The maximum atomic E-state index is 5.60. The number of hydrogen-bond acceptors (Lipinski definition) is 1. The molecule has 2 heteroatoms. The Morgan fingerprint density at radius 1 is 1.21 bits per heavy atom. The van der Waals surface area contributed by atoms with E-state index in [0.29, 0.717) is 0 Å². The third kappa shape index (κ3) is 2.18. The molecule has 72 valence electrons. The highest BCUT2D eigenvalue weighted by Gasteiger charge is 2.05. The molecule has 0 saturated carbocycles. The van der Waals surface area contributed by atoms with Crippen LogP contribution in [0.2, 0.25) is 0 Å². The Balaban J connectivity index is 2.23. The highest BCUT2D eigenvalue weighted by atomic mass is 127. The van der Waals surface area contributed by atoms with E-state index in [-0.39, 0.29) is 0 Å². The van der Waals surface area contributed by atoms with Crippen molar-refractivity contribution in [3.63, 3.8) is 0 Å². The molecule has 1 nitrogen and oxygen atoms in total. The van der Waals surface area contributed by atoms with E-state index in [1.165, 1.54) is 11.1 Å². The highest BCUT2D eigenvalue weighted by Crippen LogP contribution is 2.19. The Kier molecular flexibility index (Phi) is 2.91. The molecule has 0 N–H and O–H groups in total. The topological polar surface area (TPSA) is 13.1 Å². The second-order valence-corrected chi connectivity index (χ2v) is 4.38. The molecule has 0 aliphatic carbocycles. The molecule has 2 rings (SSSR count). The summed E-state index contributed by atoms with van der Waals surface area (Å²) in [5, 5.41) is 0. The van der Waals surface area contributed by atoms with Crippen molar-refractivity contribution in [2.75, 3.05) is 0 Å². The first-order chi connectivity index (χ1) is 6.75. The van der Waals surface area contributed by atoms with Gasteiger partial charge in [-0.1, -0.05) is 30.3 Å². The van der Waals surface area contributed by atoms with Crippen LogP contribution in [0.3, 0.4) is 0 Å². The minimum atomic E-state index is 0.885. The number of furan rings is 1. The van der Waals surface area contributed by atoms with E-state index in [2.05, 4.69) is 59.8 Å². The van der Waals surface area contributed by atoms with Crippen LogP contribution in [0, 0.1) is 10.7 Å². The van der Waals surface area contributed by atoms with Gasteiger partial charge in [0.25, 0.3) is 0 Å². The summed E-state index contributed by atoms with van der Waals surface area (Å²) in [5.41, 5.74) is 2.53. The number of halogens is 1. The van der Waals surface area contributed by atoms with Gasteiger partial charge < -0.3 is 4.42 Å². The standard InChI is InChI=1S/C12H11IO/c1-9-7-12(13)14-11(9)8-10-5-3-2-4-6-10/h2-7H,8H2,1H3. The predicted molar refractivity (Wildman–Crippen MR) is 65.4 cm³/mol. The molecule has 0 bridgehead atoms. The van der Waals surface area contributed by atoms with Crippen LogP contribution in [-0.4, -0.2) is 0 Å². The fourth-order valence-corrected chi connectivity index (χ4v) is 2.17. The largest absolute Gasteiger partial charge is 0.455 e. The van der Waals surface area contributed by atoms with Gasteiger partial charge in [0.15, 0.2) is 3.77 Å². The van der Waals surface area contributed by atoms with Crippen LogP contribution in [0.1, 0.15) is 16.9 Å². The number of hydrogen-bond donors (Lipinski definition) is 0. The van der Waals surface area contributed by atoms with Crippen molar-refractivity contribution >= 4 is 22.6 Å². The molecule has 0 amide bonds. The van der Waals surface area contributed by atoms with Gasteiger partial charge in [0.1, 0.15) is 5.76 Å². The van der Waals surface area contributed by atoms with E-state index in [4.69, 9.17) is 4.42 Å². The third-order valence-corrected chi connectivity index (χ3v) is 2.73. The number of benzene rings is 1. The van der Waals surface area contributed by atoms with Gasteiger partial charge in [0.05, 0.1) is 0 Å². The lowest BCUT2D eigenvalue weighted by Gasteiger charge is -1.98. The average Bonchev–Trinajstić information content (AvgIpc) is 2.47. The van der Waals surface area contributed by atoms with Gasteiger partial charge in [-0.05, 0) is 46.7 Å². The Bertz CT molecular complexity index is 417. The number of rotatable bonds is 2. The van der Waals surface area contributed by atoms with Crippen LogP contribution >= 0.6 is 22.6 Å². The third-order valence-electron chi connectivity index (χ3n) is 2.20. The Labute approximate surface area is 97.3 Å². The molecule has 0 atom stereocenters. The van der Waals surface area contributed by atoms with Crippen LogP contribution in [0.5, 0.6) is 0 Å². The molecule has 1 aromatic heterocycles. The molecule has 0 aliphatic rings. The van der Waals surface area contributed by atoms with E-state index in [0.717, 1.165) is 15.9 Å². The molecule has 0 saturated heterocycles. The highest BCUT2D eigenvalue weighted by molar-refractivity contribution is 14.1. The monoisotopic (exact) mass is 298 g/mol. The van der Waals surface area contributed by atoms with Crippen molar-refractivity contribution in [3.05, 3.63) is 57.1 Å². The second-order valence-electron chi connectivity index (χ2n) is 3.32. The normalized spacial score (nSPS) is 10.4. The Morgan fingerprint density at radius 3 is 2.50 bits per heavy atom. The zero-order chi connectivity index (χ0) is 9.97. The summed E-state index contributed by atoms with van der Waals surface area (Å²) in [7, 11) is 0. The first-order valence-electron chi connectivity index (χ1n) is 4.54. The maximum Gasteiger partial charge on any atom is 0.164 e. The van der Waals surface area contributed by atoms with E-state index >= 15 is 0 Å². The SMILES string of the molecule is Cc1cc(I)oc1Cc1ccccc1. The minimum Gasteiger partial charge on any atom is -0.455 e. The van der Waals surface area contributed by atoms with Crippen molar-refractivity contribution < 1.29 is 4.42 Å². The van der Waals surface area contributed by atoms with Crippen LogP contribution in [0.4, 0.5) is 0 Å². The van der Waals surface area contributed by atoms with Gasteiger partial charge in [-0.2, -0.15) is 0 Å². The lowest BCUT2D eigenvalue weighted by Crippen LogP contribution is -1.86. The van der Waals surface area contributed by atoms with Crippen molar-refractivity contribution in [3.8, 4) is 0 Å². The summed E-state index contributed by atoms with van der Waals surface area (Å²) in [5.74, 6) is 1.07. The van der Waals surface area contributed by atoms with E-state index in [1.54, 1.807) is 0 Å². The van der Waals surface area contributed by atoms with E-state index < -0.39 is 0 Å². The molecule has 0 spiro atoms. The summed E-state index contributed by atoms with van der Waals surface area (Å²) in [4.78, 5) is 0. The van der Waals surface area contributed by atoms with Crippen LogP contribution < -0.4 is 0 Å². The van der Waals surface area contributed by atoms with Gasteiger partial charge in [0.2, 0.25) is 0 Å². The average molecular weight is 298 g/mol. The fourth-order valence-electron chi connectivity index (χ4n) is 1.44. The quantitative estimate of drug-likeness (QED) is 0.769. The summed E-state index contributed by atoms with van der Waals surface area (Å²) in [6.45, 7) is 2.09. The molecule has 1 aromatic carbocycles. The summed E-state index contributed by atoms with van der Waals surface area (Å²) in [6, 6.07) is 12.4. The summed E-state index contributed by atoms with van der Waals surface area (Å²) in [6.07, 6.45) is 0.885. The molecule has 0 fully saturated rings. The van der Waals surface area contributed by atoms with Gasteiger partial charge in [0, 0.05) is 6.42 Å².